The number of anilines is 2. The number of ether oxygens (including phenoxy) is 1. The van der Waals surface area contributed by atoms with Crippen LogP contribution in [0.25, 0.3) is 5.76 Å². The minimum atomic E-state index is -0.838. The Bertz CT molecular complexity index is 1380. The average Bonchev–Trinajstić information content (AvgIpc) is 3.16. The molecule has 1 amide bonds. The van der Waals surface area contributed by atoms with Crippen LogP contribution in [0.15, 0.2) is 66.2 Å². The van der Waals surface area contributed by atoms with E-state index in [2.05, 4.69) is 18.7 Å². The van der Waals surface area contributed by atoms with Gasteiger partial charge in [0.25, 0.3) is 11.7 Å². The topological polar surface area (TPSA) is 70.1 Å². The third kappa shape index (κ3) is 4.69. The number of amides is 1. The Labute approximate surface area is 222 Å². The number of Topliss-reactive ketones (excluding diaryl/α,β-unsaturated/α-hetero) is 1. The van der Waals surface area contributed by atoms with Gasteiger partial charge in [-0.2, -0.15) is 0 Å². The number of ketones is 1. The van der Waals surface area contributed by atoms with Gasteiger partial charge in [-0.1, -0.05) is 35.9 Å². The van der Waals surface area contributed by atoms with E-state index < -0.39 is 17.7 Å². The van der Waals surface area contributed by atoms with Gasteiger partial charge in [-0.15, -0.1) is 0 Å². The second-order valence-electron chi connectivity index (χ2n) is 9.00. The second-order valence-corrected chi connectivity index (χ2v) is 9.43. The molecule has 7 heteroatoms. The van der Waals surface area contributed by atoms with Gasteiger partial charge in [0, 0.05) is 29.5 Å². The lowest BCUT2D eigenvalue weighted by Crippen LogP contribution is -2.30. The smallest absolute Gasteiger partial charge is 0.300 e. The molecule has 6 nitrogen and oxygen atoms in total. The molecule has 0 aromatic heterocycles. The lowest BCUT2D eigenvalue weighted by molar-refractivity contribution is -0.132. The first kappa shape index (κ1) is 26.3. The molecule has 1 atom stereocenters. The first-order valence-electron chi connectivity index (χ1n) is 12.3. The van der Waals surface area contributed by atoms with Crippen LogP contribution in [0.4, 0.5) is 11.4 Å². The van der Waals surface area contributed by atoms with Crippen LogP contribution in [0.3, 0.4) is 0 Å². The van der Waals surface area contributed by atoms with E-state index in [1.165, 1.54) is 18.1 Å². The molecule has 1 fully saturated rings. The number of hydrogen-bond donors (Lipinski definition) is 1. The van der Waals surface area contributed by atoms with Crippen LogP contribution in [0.2, 0.25) is 5.02 Å². The third-order valence-corrected chi connectivity index (χ3v) is 7.27. The summed E-state index contributed by atoms with van der Waals surface area (Å²) < 4.78 is 5.43. The van der Waals surface area contributed by atoms with Crippen molar-refractivity contribution in [2.45, 2.75) is 33.7 Å². The molecule has 1 heterocycles. The fourth-order valence-electron chi connectivity index (χ4n) is 4.86. The molecule has 0 spiro atoms. The Hall–Kier alpha value is -3.77. The number of aliphatic hydroxyl groups excluding tert-OH is 1. The van der Waals surface area contributed by atoms with Crippen LogP contribution in [0.5, 0.6) is 5.75 Å². The van der Waals surface area contributed by atoms with Gasteiger partial charge in [0.15, 0.2) is 0 Å². The first-order valence-corrected chi connectivity index (χ1v) is 12.7. The number of benzene rings is 3. The highest BCUT2D eigenvalue weighted by atomic mass is 35.5. The van der Waals surface area contributed by atoms with Gasteiger partial charge in [-0.25, -0.2) is 0 Å². The lowest BCUT2D eigenvalue weighted by atomic mass is 9.94. The van der Waals surface area contributed by atoms with Gasteiger partial charge in [-0.05, 0) is 80.8 Å². The summed E-state index contributed by atoms with van der Waals surface area (Å²) >= 11 is 6.22. The van der Waals surface area contributed by atoms with E-state index in [1.54, 1.807) is 12.1 Å². The molecule has 37 heavy (non-hydrogen) atoms. The first-order chi connectivity index (χ1) is 17.7. The van der Waals surface area contributed by atoms with Crippen molar-refractivity contribution in [2.24, 2.45) is 0 Å². The highest BCUT2D eigenvalue weighted by molar-refractivity contribution is 6.52. The lowest BCUT2D eigenvalue weighted by Gasteiger charge is -2.28. The number of rotatable bonds is 7. The number of aliphatic hydroxyl groups is 1. The quantitative estimate of drug-likeness (QED) is 0.221. The molecule has 1 aliphatic rings. The van der Waals surface area contributed by atoms with Crippen LogP contribution in [-0.4, -0.2) is 37.0 Å². The third-order valence-electron chi connectivity index (χ3n) is 7.03. The van der Waals surface area contributed by atoms with Crippen molar-refractivity contribution >= 4 is 40.4 Å². The molecule has 0 bridgehead atoms. The summed E-state index contributed by atoms with van der Waals surface area (Å²) in [4.78, 5) is 30.8. The molecule has 3 aromatic rings. The predicted molar refractivity (Wildman–Crippen MR) is 149 cm³/mol. The number of nitrogens with zero attached hydrogens (tertiary/aromatic N) is 2. The van der Waals surface area contributed by atoms with Gasteiger partial charge in [-0.3, -0.25) is 14.5 Å². The average molecular weight is 519 g/mol. The highest BCUT2D eigenvalue weighted by Crippen LogP contribution is 2.45. The van der Waals surface area contributed by atoms with Crippen LogP contribution >= 0.6 is 11.6 Å². The van der Waals surface area contributed by atoms with Gasteiger partial charge < -0.3 is 14.7 Å². The van der Waals surface area contributed by atoms with E-state index in [4.69, 9.17) is 16.3 Å². The van der Waals surface area contributed by atoms with Gasteiger partial charge in [0.05, 0.1) is 24.3 Å². The van der Waals surface area contributed by atoms with Gasteiger partial charge >= 0.3 is 0 Å². The van der Waals surface area contributed by atoms with Crippen LogP contribution in [0.1, 0.15) is 42.1 Å². The van der Waals surface area contributed by atoms with Crippen LogP contribution in [-0.2, 0) is 9.59 Å². The molecule has 1 unspecified atom stereocenters. The Kier molecular flexibility index (Phi) is 7.60. The van der Waals surface area contributed by atoms with E-state index in [9.17, 15) is 14.7 Å². The zero-order chi connectivity index (χ0) is 26.9. The molecule has 3 aromatic carbocycles. The highest BCUT2D eigenvalue weighted by Gasteiger charge is 2.47. The monoisotopic (exact) mass is 518 g/mol. The van der Waals surface area contributed by atoms with Crippen molar-refractivity contribution in [3.05, 3.63) is 93.5 Å². The molecular formula is C30H31ClN2O4. The molecule has 0 radical (unpaired) electrons. The minimum Gasteiger partial charge on any atom is -0.507 e. The van der Waals surface area contributed by atoms with E-state index in [0.717, 1.165) is 29.9 Å². The second kappa shape index (κ2) is 10.7. The molecule has 0 saturated carbocycles. The summed E-state index contributed by atoms with van der Waals surface area (Å²) in [5.41, 5.74) is 4.48. The van der Waals surface area contributed by atoms with E-state index in [0.29, 0.717) is 22.0 Å². The van der Waals surface area contributed by atoms with Crippen molar-refractivity contribution in [1.29, 1.82) is 0 Å². The summed E-state index contributed by atoms with van der Waals surface area (Å²) in [7, 11) is 1.47. The maximum atomic E-state index is 13.6. The fourth-order valence-corrected chi connectivity index (χ4v) is 5.03. The van der Waals surface area contributed by atoms with Crippen molar-refractivity contribution in [3.8, 4) is 5.75 Å². The van der Waals surface area contributed by atoms with E-state index in [-0.39, 0.29) is 16.9 Å². The Morgan fingerprint density at radius 2 is 1.70 bits per heavy atom. The van der Waals surface area contributed by atoms with Crippen molar-refractivity contribution in [3.63, 3.8) is 0 Å². The standard InChI is InChI=1S/C30H31ClN2O4/c1-6-32(7-2)22-14-11-20(12-15-22)27-26(28(34)23-17-21(31)13-16-25(23)37-5)29(35)30(36)33(27)24-10-8-9-18(3)19(24)4/h8-17,27,34H,6-7H2,1-5H3/b28-26+. The summed E-state index contributed by atoms with van der Waals surface area (Å²) in [6.07, 6.45) is 0. The number of hydrogen-bond acceptors (Lipinski definition) is 5. The molecule has 1 aliphatic heterocycles. The Morgan fingerprint density at radius 3 is 2.32 bits per heavy atom. The van der Waals surface area contributed by atoms with Crippen LogP contribution in [0, 0.1) is 13.8 Å². The minimum absolute atomic E-state index is 0.0120. The van der Waals surface area contributed by atoms with Crippen molar-refractivity contribution < 1.29 is 19.4 Å². The molecule has 0 aliphatic carbocycles. The summed E-state index contributed by atoms with van der Waals surface area (Å²) in [5, 5.41) is 11.9. The van der Waals surface area contributed by atoms with Crippen molar-refractivity contribution in [2.75, 3.05) is 30.0 Å². The molecule has 4 rings (SSSR count). The SMILES string of the molecule is CCN(CC)c1ccc(C2/C(=C(\O)c3cc(Cl)ccc3OC)C(=O)C(=O)N2c2cccc(C)c2C)cc1. The van der Waals surface area contributed by atoms with Crippen molar-refractivity contribution in [1.82, 2.24) is 0 Å². The maximum Gasteiger partial charge on any atom is 0.300 e. The Morgan fingerprint density at radius 1 is 1.03 bits per heavy atom. The molecular weight excluding hydrogens is 488 g/mol. The number of halogens is 1. The number of methoxy groups -OCH3 is 1. The van der Waals surface area contributed by atoms with E-state index >= 15 is 0 Å². The number of aryl methyl sites for hydroxylation is 1. The molecule has 1 saturated heterocycles. The largest absolute Gasteiger partial charge is 0.507 e. The zero-order valence-corrected chi connectivity index (χ0v) is 22.5. The molecule has 192 valence electrons. The van der Waals surface area contributed by atoms with E-state index in [1.807, 2.05) is 56.3 Å². The summed E-state index contributed by atoms with van der Waals surface area (Å²) in [6, 6.07) is 17.4. The number of carbonyl (C=O) groups is 2. The molecule has 1 N–H and O–H groups in total. The predicted octanol–water partition coefficient (Wildman–Crippen LogP) is 6.44. The zero-order valence-electron chi connectivity index (χ0n) is 21.7. The normalized spacial score (nSPS) is 16.8. The Balaban J connectivity index is 1.98. The van der Waals surface area contributed by atoms with Crippen LogP contribution < -0.4 is 14.5 Å². The fraction of sp³-hybridized carbons (Fsp3) is 0.267. The maximum absolute atomic E-state index is 13.6. The summed E-state index contributed by atoms with van der Waals surface area (Å²) in [6.45, 7) is 9.76. The van der Waals surface area contributed by atoms with Gasteiger partial charge in [0.2, 0.25) is 0 Å². The summed E-state index contributed by atoms with van der Waals surface area (Å²) in [5.74, 6) is -1.45. The van der Waals surface area contributed by atoms with Gasteiger partial charge in [0.1, 0.15) is 11.5 Å². The number of carbonyl (C=O) groups excluding carboxylic acids is 2.